The molecule has 0 spiro atoms. The van der Waals surface area contributed by atoms with Crippen LogP contribution in [0.15, 0.2) is 24.3 Å². The van der Waals surface area contributed by atoms with Crippen molar-refractivity contribution >= 4 is 17.6 Å². The summed E-state index contributed by atoms with van der Waals surface area (Å²) in [6.07, 6.45) is 5.53. The molecule has 0 atom stereocenters. The second-order valence-electron chi connectivity index (χ2n) is 4.56. The molecular formula is C14H20N2OS. The molecule has 18 heavy (non-hydrogen) atoms. The van der Waals surface area contributed by atoms with Crippen LogP contribution in [0.1, 0.15) is 31.2 Å². The first-order valence-corrected chi connectivity index (χ1v) is 7.49. The summed E-state index contributed by atoms with van der Waals surface area (Å²) in [6, 6.07) is 7.39. The molecule has 98 valence electrons. The summed E-state index contributed by atoms with van der Waals surface area (Å²) < 4.78 is 5.67. The normalized spacial score (nSPS) is 15.8. The fourth-order valence-electron chi connectivity index (χ4n) is 2.16. The molecule has 1 aromatic rings. The van der Waals surface area contributed by atoms with E-state index in [1.165, 1.54) is 25.7 Å². The Kier molecular flexibility index (Phi) is 4.93. The maximum absolute atomic E-state index is 7.30. The number of nitrogen functional groups attached to an aromatic ring is 1. The van der Waals surface area contributed by atoms with E-state index in [0.717, 1.165) is 28.9 Å². The number of nitrogens with two attached hydrogens (primary N) is 1. The first kappa shape index (κ1) is 13.3. The molecule has 1 fully saturated rings. The maximum atomic E-state index is 7.30. The van der Waals surface area contributed by atoms with E-state index in [-0.39, 0.29) is 5.84 Å². The topological polar surface area (TPSA) is 59.1 Å². The van der Waals surface area contributed by atoms with Gasteiger partial charge in [-0.2, -0.15) is 11.8 Å². The van der Waals surface area contributed by atoms with Crippen LogP contribution >= 0.6 is 11.8 Å². The molecular weight excluding hydrogens is 244 g/mol. The Balaban J connectivity index is 1.68. The molecule has 0 unspecified atom stereocenters. The van der Waals surface area contributed by atoms with Gasteiger partial charge in [-0.3, -0.25) is 5.41 Å². The highest BCUT2D eigenvalue weighted by Gasteiger charge is 2.14. The van der Waals surface area contributed by atoms with Crippen molar-refractivity contribution < 1.29 is 4.74 Å². The smallest absolute Gasteiger partial charge is 0.122 e. The van der Waals surface area contributed by atoms with Crippen molar-refractivity contribution in [3.8, 4) is 5.75 Å². The van der Waals surface area contributed by atoms with Gasteiger partial charge in [-0.05, 0) is 37.1 Å². The minimum absolute atomic E-state index is 0.0957. The fourth-order valence-corrected chi connectivity index (χ4v) is 3.34. The second-order valence-corrected chi connectivity index (χ2v) is 5.97. The minimum Gasteiger partial charge on any atom is -0.493 e. The first-order chi connectivity index (χ1) is 8.75. The number of nitrogens with one attached hydrogen (secondary N) is 1. The van der Waals surface area contributed by atoms with E-state index in [4.69, 9.17) is 15.9 Å². The molecule has 3 nitrogen and oxygen atoms in total. The molecule has 0 aliphatic heterocycles. The van der Waals surface area contributed by atoms with Crippen molar-refractivity contribution in [2.75, 3.05) is 12.4 Å². The summed E-state index contributed by atoms with van der Waals surface area (Å²) >= 11 is 2.03. The van der Waals surface area contributed by atoms with E-state index in [0.29, 0.717) is 0 Å². The summed E-state index contributed by atoms with van der Waals surface area (Å²) in [5.41, 5.74) is 6.13. The van der Waals surface area contributed by atoms with E-state index in [1.54, 1.807) is 0 Å². The molecule has 0 amide bonds. The van der Waals surface area contributed by atoms with Crippen molar-refractivity contribution in [1.82, 2.24) is 0 Å². The molecule has 1 aliphatic rings. The van der Waals surface area contributed by atoms with Crippen molar-refractivity contribution in [2.45, 2.75) is 30.9 Å². The predicted octanol–water partition coefficient (Wildman–Crippen LogP) is 3.03. The van der Waals surface area contributed by atoms with E-state index in [9.17, 15) is 0 Å². The highest BCUT2D eigenvalue weighted by atomic mass is 32.2. The Hall–Kier alpha value is -1.16. The van der Waals surface area contributed by atoms with Crippen LogP contribution in [-0.4, -0.2) is 23.4 Å². The largest absolute Gasteiger partial charge is 0.493 e. The number of ether oxygens (including phenoxy) is 1. The number of benzene rings is 1. The van der Waals surface area contributed by atoms with Crippen molar-refractivity contribution in [3.05, 3.63) is 29.8 Å². The second kappa shape index (κ2) is 6.69. The Labute approximate surface area is 113 Å². The van der Waals surface area contributed by atoms with Gasteiger partial charge in [-0.15, -0.1) is 0 Å². The number of hydrogen-bond acceptors (Lipinski definition) is 3. The van der Waals surface area contributed by atoms with Crippen LogP contribution in [0.25, 0.3) is 0 Å². The lowest BCUT2D eigenvalue weighted by Crippen LogP contribution is -2.10. The van der Waals surface area contributed by atoms with Crippen LogP contribution < -0.4 is 10.5 Å². The minimum atomic E-state index is 0.0957. The molecule has 1 saturated carbocycles. The van der Waals surface area contributed by atoms with E-state index in [2.05, 4.69) is 0 Å². The van der Waals surface area contributed by atoms with E-state index >= 15 is 0 Å². The summed E-state index contributed by atoms with van der Waals surface area (Å²) in [5.74, 6) is 2.00. The maximum Gasteiger partial charge on any atom is 0.122 e. The van der Waals surface area contributed by atoms with Gasteiger partial charge in [0.15, 0.2) is 0 Å². The van der Waals surface area contributed by atoms with Gasteiger partial charge in [-0.1, -0.05) is 12.8 Å². The molecule has 0 heterocycles. The van der Waals surface area contributed by atoms with Crippen LogP contribution in [0.5, 0.6) is 5.75 Å². The quantitative estimate of drug-likeness (QED) is 0.472. The third-order valence-electron chi connectivity index (χ3n) is 3.17. The monoisotopic (exact) mass is 264 g/mol. The molecule has 2 rings (SSSR count). The van der Waals surface area contributed by atoms with Gasteiger partial charge in [-0.25, -0.2) is 0 Å². The first-order valence-electron chi connectivity index (χ1n) is 6.44. The lowest BCUT2D eigenvalue weighted by Gasteiger charge is -2.10. The van der Waals surface area contributed by atoms with Gasteiger partial charge < -0.3 is 10.5 Å². The van der Waals surface area contributed by atoms with Crippen LogP contribution in [0.2, 0.25) is 0 Å². The molecule has 1 aliphatic carbocycles. The zero-order valence-corrected chi connectivity index (χ0v) is 11.3. The molecule has 3 N–H and O–H groups in total. The van der Waals surface area contributed by atoms with Crippen LogP contribution in [0.3, 0.4) is 0 Å². The third-order valence-corrected chi connectivity index (χ3v) is 4.52. The van der Waals surface area contributed by atoms with E-state index in [1.807, 2.05) is 36.0 Å². The Morgan fingerprint density at radius 2 is 1.94 bits per heavy atom. The number of rotatable bonds is 6. The van der Waals surface area contributed by atoms with Crippen molar-refractivity contribution in [1.29, 1.82) is 5.41 Å². The number of hydrogen-bond donors (Lipinski definition) is 2. The fraction of sp³-hybridized carbons (Fsp3) is 0.500. The van der Waals surface area contributed by atoms with Gasteiger partial charge in [0.2, 0.25) is 0 Å². The average molecular weight is 264 g/mol. The van der Waals surface area contributed by atoms with Crippen molar-refractivity contribution in [2.24, 2.45) is 5.73 Å². The molecule has 4 heteroatoms. The lowest BCUT2D eigenvalue weighted by molar-refractivity contribution is 0.344. The zero-order valence-electron chi connectivity index (χ0n) is 10.5. The van der Waals surface area contributed by atoms with Gasteiger partial charge >= 0.3 is 0 Å². The van der Waals surface area contributed by atoms with Crippen LogP contribution in [0, 0.1) is 5.41 Å². The third kappa shape index (κ3) is 3.95. The highest BCUT2D eigenvalue weighted by molar-refractivity contribution is 7.99. The van der Waals surface area contributed by atoms with Crippen molar-refractivity contribution in [3.63, 3.8) is 0 Å². The lowest BCUT2D eigenvalue weighted by atomic mass is 10.2. The summed E-state index contributed by atoms with van der Waals surface area (Å²) in [7, 11) is 0. The van der Waals surface area contributed by atoms with Gasteiger partial charge in [0.1, 0.15) is 11.6 Å². The summed E-state index contributed by atoms with van der Waals surface area (Å²) in [4.78, 5) is 0. The molecule has 0 aromatic heterocycles. The Bertz CT molecular complexity index is 385. The molecule has 0 radical (unpaired) electrons. The van der Waals surface area contributed by atoms with Gasteiger partial charge in [0, 0.05) is 16.6 Å². The number of thioether (sulfide) groups is 1. The molecule has 1 aromatic carbocycles. The van der Waals surface area contributed by atoms with Gasteiger partial charge in [0.25, 0.3) is 0 Å². The summed E-state index contributed by atoms with van der Waals surface area (Å²) in [6.45, 7) is 0.751. The van der Waals surface area contributed by atoms with Crippen LogP contribution in [0.4, 0.5) is 0 Å². The Morgan fingerprint density at radius 1 is 1.28 bits per heavy atom. The zero-order chi connectivity index (χ0) is 12.8. The van der Waals surface area contributed by atoms with Crippen LogP contribution in [-0.2, 0) is 0 Å². The van der Waals surface area contributed by atoms with E-state index < -0.39 is 0 Å². The Morgan fingerprint density at radius 3 is 2.56 bits per heavy atom. The predicted molar refractivity (Wildman–Crippen MR) is 77.7 cm³/mol. The summed E-state index contributed by atoms with van der Waals surface area (Å²) in [5, 5.41) is 8.16. The van der Waals surface area contributed by atoms with Gasteiger partial charge in [0.05, 0.1) is 6.61 Å². The SMILES string of the molecule is N=C(N)c1ccc(OCCSC2CCCC2)cc1. The highest BCUT2D eigenvalue weighted by Crippen LogP contribution is 2.29. The average Bonchev–Trinajstić information content (AvgIpc) is 2.88. The standard InChI is InChI=1S/C14H20N2OS/c15-14(16)11-5-7-12(8-6-11)17-9-10-18-13-3-1-2-4-13/h5-8,13H,1-4,9-10H2,(H3,15,16). The number of amidine groups is 1. The molecule has 0 bridgehead atoms. The molecule has 0 saturated heterocycles.